The second-order valence-electron chi connectivity index (χ2n) is 3.26. The summed E-state index contributed by atoms with van der Waals surface area (Å²) < 4.78 is 21.7. The van der Waals surface area contributed by atoms with Crippen LogP contribution in [0, 0.1) is 16.0 Å². The van der Waals surface area contributed by atoms with Crippen LogP contribution in [0.4, 0.5) is 0 Å². The Kier molecular flexibility index (Phi) is 3.41. The van der Waals surface area contributed by atoms with Gasteiger partial charge in [0.1, 0.15) is 0 Å². The van der Waals surface area contributed by atoms with Crippen molar-refractivity contribution < 1.29 is 13.3 Å². The quantitative estimate of drug-likeness (QED) is 0.404. The van der Waals surface area contributed by atoms with Crippen LogP contribution in [0.5, 0.6) is 0 Å². The van der Waals surface area contributed by atoms with Crippen molar-refractivity contribution in [1.29, 1.82) is 0 Å². The van der Waals surface area contributed by atoms with Gasteiger partial charge in [-0.1, -0.05) is 6.92 Å². The van der Waals surface area contributed by atoms with E-state index in [-0.39, 0.29) is 16.5 Å². The fourth-order valence-electron chi connectivity index (χ4n) is 1.68. The molecule has 0 aromatic heterocycles. The van der Waals surface area contributed by atoms with Gasteiger partial charge in [0.05, 0.1) is 9.79 Å². The Morgan fingerprint density at radius 2 is 2.07 bits per heavy atom. The highest BCUT2D eigenvalue weighted by molar-refractivity contribution is 7.73. The van der Waals surface area contributed by atoms with E-state index < -0.39 is 15.2 Å². The number of rotatable bonds is 2. The molecule has 1 unspecified atom stereocenters. The highest BCUT2D eigenvalue weighted by Gasteiger charge is 2.27. The van der Waals surface area contributed by atoms with Crippen molar-refractivity contribution in [3.8, 4) is 0 Å². The Morgan fingerprint density at radius 1 is 1.47 bits per heavy atom. The molecule has 1 aliphatic rings. The van der Waals surface area contributed by atoms with Crippen molar-refractivity contribution >= 4 is 15.2 Å². The molecule has 1 rings (SSSR count). The van der Waals surface area contributed by atoms with Crippen LogP contribution in [0.1, 0.15) is 20.3 Å². The summed E-state index contributed by atoms with van der Waals surface area (Å²) in [5.41, 5.74) is 0.500. The summed E-state index contributed by atoms with van der Waals surface area (Å²) in [5.74, 6) is -0.367. The first-order valence-corrected chi connectivity index (χ1v) is 5.55. The third-order valence-electron chi connectivity index (χ3n) is 2.47. The molecule has 0 heterocycles. The number of nitro groups is 1. The molecule has 0 N–H and O–H groups in total. The Bertz CT molecular complexity index is 476. The van der Waals surface area contributed by atoms with Gasteiger partial charge in [0.15, 0.2) is 0 Å². The molecule has 0 aliphatic heterocycles. The van der Waals surface area contributed by atoms with E-state index in [0.717, 1.165) is 0 Å². The van der Waals surface area contributed by atoms with E-state index in [4.69, 9.17) is 0 Å². The Morgan fingerprint density at radius 3 is 2.47 bits per heavy atom. The molecule has 1 atom stereocenters. The van der Waals surface area contributed by atoms with Gasteiger partial charge in [-0.25, -0.2) is 0 Å². The Balaban J connectivity index is 3.35. The van der Waals surface area contributed by atoms with E-state index >= 15 is 0 Å². The van der Waals surface area contributed by atoms with Gasteiger partial charge in [-0.2, -0.15) is 8.42 Å². The average molecular weight is 229 g/mol. The van der Waals surface area contributed by atoms with E-state index in [1.165, 1.54) is 12.2 Å². The Hall–Kier alpha value is -1.43. The largest absolute Gasteiger partial charge is 0.269 e. The van der Waals surface area contributed by atoms with E-state index in [9.17, 15) is 18.5 Å². The van der Waals surface area contributed by atoms with Crippen molar-refractivity contribution in [1.82, 2.24) is 0 Å². The van der Waals surface area contributed by atoms with Crippen LogP contribution >= 0.6 is 0 Å². The third kappa shape index (κ3) is 2.15. The smallest absolute Gasteiger partial charge is 0.258 e. The molecule has 5 nitrogen and oxygen atoms in total. The molecule has 0 radical (unpaired) electrons. The van der Waals surface area contributed by atoms with Gasteiger partial charge in [-0.15, -0.1) is 0 Å². The van der Waals surface area contributed by atoms with Crippen LogP contribution in [0.3, 0.4) is 0 Å². The lowest BCUT2D eigenvalue weighted by atomic mass is 9.89. The predicted molar refractivity (Wildman–Crippen MR) is 56.5 cm³/mol. The average Bonchev–Trinajstić information content (AvgIpc) is 2.16. The minimum Gasteiger partial charge on any atom is -0.258 e. The van der Waals surface area contributed by atoms with Crippen LogP contribution in [-0.4, -0.2) is 18.2 Å². The summed E-state index contributed by atoms with van der Waals surface area (Å²) in [5, 5.41) is 10.6. The zero-order chi connectivity index (χ0) is 11.6. The summed E-state index contributed by atoms with van der Waals surface area (Å²) in [6, 6.07) is 0. The van der Waals surface area contributed by atoms with E-state index in [1.54, 1.807) is 13.8 Å². The van der Waals surface area contributed by atoms with E-state index in [1.807, 2.05) is 0 Å². The molecule has 0 aromatic rings. The summed E-state index contributed by atoms with van der Waals surface area (Å²) >= 11 is 0. The van der Waals surface area contributed by atoms with Gasteiger partial charge < -0.3 is 0 Å². The predicted octanol–water partition coefficient (Wildman–Crippen LogP) is 1.18. The molecule has 0 saturated carbocycles. The zero-order valence-corrected chi connectivity index (χ0v) is 9.24. The summed E-state index contributed by atoms with van der Waals surface area (Å²) in [6.45, 7) is 3.40. The molecule has 0 spiro atoms. The number of hydrogen-bond donors (Lipinski definition) is 0. The molecule has 1 aliphatic carbocycles. The minimum atomic E-state index is -2.31. The third-order valence-corrected chi connectivity index (χ3v) is 3.28. The van der Waals surface area contributed by atoms with Crippen LogP contribution in [0.2, 0.25) is 0 Å². The van der Waals surface area contributed by atoms with Crippen molar-refractivity contribution in [2.75, 3.05) is 0 Å². The summed E-state index contributed by atoms with van der Waals surface area (Å²) in [6.07, 6.45) is 3.09. The number of allylic oxidation sites excluding steroid dienone is 3. The normalized spacial score (nSPS) is 20.7. The van der Waals surface area contributed by atoms with Crippen molar-refractivity contribution in [3.05, 3.63) is 33.5 Å². The van der Waals surface area contributed by atoms with Crippen molar-refractivity contribution in [2.24, 2.45) is 5.92 Å². The fraction of sp³-hybridized carbons (Fsp3) is 0.444. The number of hydrogen-bond acceptors (Lipinski definition) is 4. The number of nitrogens with zero attached hydrogens (tertiary/aromatic N) is 1. The van der Waals surface area contributed by atoms with Crippen LogP contribution in [0.15, 0.2) is 23.4 Å². The van der Waals surface area contributed by atoms with Crippen molar-refractivity contribution in [2.45, 2.75) is 20.3 Å². The lowest BCUT2D eigenvalue weighted by Gasteiger charge is -2.16. The monoisotopic (exact) mass is 229 g/mol. The summed E-state index contributed by atoms with van der Waals surface area (Å²) in [4.78, 5) is 10.4. The topological polar surface area (TPSA) is 77.3 Å². The standard InChI is InChI=1S/C9H11NO4S/c1-3-7-6(2)8(10(11)12)4-5-9(7)15(13)14/h4-5,7H,3H2,1-2H3. The molecule has 0 bridgehead atoms. The molecule has 0 aromatic carbocycles. The van der Waals surface area contributed by atoms with Crippen LogP contribution < -0.4 is 0 Å². The Labute approximate surface area is 88.8 Å². The van der Waals surface area contributed by atoms with Gasteiger partial charge in [0.2, 0.25) is 10.3 Å². The highest BCUT2D eigenvalue weighted by Crippen LogP contribution is 2.25. The molecule has 0 fully saturated rings. The molecular weight excluding hydrogens is 218 g/mol. The van der Waals surface area contributed by atoms with Gasteiger partial charge in [-0.05, 0) is 19.4 Å². The molecule has 0 amide bonds. The molecule has 15 heavy (non-hydrogen) atoms. The summed E-state index contributed by atoms with van der Waals surface area (Å²) in [7, 11) is -2.31. The van der Waals surface area contributed by atoms with Crippen molar-refractivity contribution in [3.63, 3.8) is 0 Å². The van der Waals surface area contributed by atoms with Gasteiger partial charge in [-0.3, -0.25) is 10.1 Å². The molecule has 0 saturated heterocycles. The highest BCUT2D eigenvalue weighted by atomic mass is 32.2. The first-order valence-electron chi connectivity index (χ1n) is 4.48. The van der Waals surface area contributed by atoms with Gasteiger partial charge in [0, 0.05) is 17.6 Å². The van der Waals surface area contributed by atoms with E-state index in [2.05, 4.69) is 0 Å². The minimum absolute atomic E-state index is 0.00366. The lowest BCUT2D eigenvalue weighted by molar-refractivity contribution is -0.420. The fourth-order valence-corrected chi connectivity index (χ4v) is 2.44. The van der Waals surface area contributed by atoms with Crippen LogP contribution in [0.25, 0.3) is 0 Å². The lowest BCUT2D eigenvalue weighted by Crippen LogP contribution is -2.20. The molecule has 6 heteroatoms. The van der Waals surface area contributed by atoms with Crippen LogP contribution in [-0.2, 0) is 10.3 Å². The van der Waals surface area contributed by atoms with E-state index in [0.29, 0.717) is 12.0 Å². The van der Waals surface area contributed by atoms with Gasteiger partial charge >= 0.3 is 0 Å². The van der Waals surface area contributed by atoms with Gasteiger partial charge in [0.25, 0.3) is 5.70 Å². The second kappa shape index (κ2) is 4.39. The maximum Gasteiger partial charge on any atom is 0.269 e. The first kappa shape index (κ1) is 11.6. The maximum atomic E-state index is 10.9. The second-order valence-corrected chi connectivity index (χ2v) is 4.20. The maximum absolute atomic E-state index is 10.9. The first-order chi connectivity index (χ1) is 6.99. The molecular formula is C9H11NO4S. The zero-order valence-electron chi connectivity index (χ0n) is 8.43. The SMILES string of the molecule is CCC1C(C)=C([N+](=O)[O-])C=CC1=S(=O)=O. The molecule has 82 valence electrons.